The number of piperidine rings is 1. The molecule has 2 aromatic rings. The predicted molar refractivity (Wildman–Crippen MR) is 103 cm³/mol. The highest BCUT2D eigenvalue weighted by Gasteiger charge is 2.21. The predicted octanol–water partition coefficient (Wildman–Crippen LogP) is 3.70. The summed E-state index contributed by atoms with van der Waals surface area (Å²) in [7, 11) is 0. The minimum absolute atomic E-state index is 0.154. The van der Waals surface area contributed by atoms with Crippen LogP contribution in [-0.2, 0) is 11.4 Å². The number of thioether (sulfide) groups is 1. The normalized spacial score (nSPS) is 17.3. The number of likely N-dealkylation sites (tertiary alicyclic amines) is 1. The average molecular weight is 395 g/mol. The van der Waals surface area contributed by atoms with E-state index in [4.69, 9.17) is 16.3 Å². The Labute approximate surface area is 162 Å². The molecule has 1 aromatic heterocycles. The lowest BCUT2D eigenvalue weighted by atomic mass is 10.0. The van der Waals surface area contributed by atoms with Gasteiger partial charge in [-0.25, -0.2) is 4.98 Å². The van der Waals surface area contributed by atoms with E-state index < -0.39 is 0 Å². The van der Waals surface area contributed by atoms with Crippen LogP contribution in [-0.4, -0.2) is 44.8 Å². The Hall–Kier alpha value is -1.73. The summed E-state index contributed by atoms with van der Waals surface area (Å²) in [6.45, 7) is 6.12. The number of H-pyrrole nitrogens is 1. The van der Waals surface area contributed by atoms with Gasteiger partial charge in [0, 0.05) is 18.1 Å². The summed E-state index contributed by atoms with van der Waals surface area (Å²) in [5.41, 5.74) is 0.962. The molecule has 8 heteroatoms. The molecule has 0 spiro atoms. The Bertz CT molecular complexity index is 767. The van der Waals surface area contributed by atoms with Gasteiger partial charge < -0.3 is 9.64 Å². The number of hydrogen-bond donors (Lipinski definition) is 1. The first-order valence-corrected chi connectivity index (χ1v) is 10.1. The minimum atomic E-state index is 0.154. The maximum absolute atomic E-state index is 12.3. The summed E-state index contributed by atoms with van der Waals surface area (Å²) in [6, 6.07) is 5.51. The maximum Gasteiger partial charge on any atom is 0.233 e. The number of aryl methyl sites for hydroxylation is 1. The lowest BCUT2D eigenvalue weighted by Crippen LogP contribution is -2.40. The molecule has 1 fully saturated rings. The molecule has 0 saturated carbocycles. The highest BCUT2D eigenvalue weighted by atomic mass is 35.5. The molecule has 0 aliphatic carbocycles. The van der Waals surface area contributed by atoms with Crippen molar-refractivity contribution in [1.29, 1.82) is 0 Å². The van der Waals surface area contributed by atoms with Crippen LogP contribution in [0.25, 0.3) is 0 Å². The lowest BCUT2D eigenvalue weighted by molar-refractivity contribution is -0.130. The van der Waals surface area contributed by atoms with Gasteiger partial charge in [-0.15, -0.1) is 5.10 Å². The van der Waals surface area contributed by atoms with Gasteiger partial charge in [0.2, 0.25) is 11.1 Å². The van der Waals surface area contributed by atoms with E-state index in [0.29, 0.717) is 27.7 Å². The molecule has 3 rings (SSSR count). The quantitative estimate of drug-likeness (QED) is 0.756. The molecule has 0 unspecified atom stereocenters. The van der Waals surface area contributed by atoms with Gasteiger partial charge in [-0.3, -0.25) is 9.89 Å². The molecule has 1 aliphatic heterocycles. The summed E-state index contributed by atoms with van der Waals surface area (Å²) >= 11 is 7.36. The molecule has 1 aliphatic rings. The van der Waals surface area contributed by atoms with E-state index in [1.54, 1.807) is 6.07 Å². The molecule has 1 amide bonds. The van der Waals surface area contributed by atoms with Crippen molar-refractivity contribution in [2.45, 2.75) is 38.5 Å². The molecule has 1 saturated heterocycles. The van der Waals surface area contributed by atoms with E-state index >= 15 is 0 Å². The molecule has 0 radical (unpaired) electrons. The zero-order valence-corrected chi connectivity index (χ0v) is 16.6. The second-order valence-corrected chi connectivity index (χ2v) is 7.99. The molecule has 26 heavy (non-hydrogen) atoms. The van der Waals surface area contributed by atoms with Crippen molar-refractivity contribution < 1.29 is 9.53 Å². The third-order valence-electron chi connectivity index (χ3n) is 4.35. The summed E-state index contributed by atoms with van der Waals surface area (Å²) < 4.78 is 5.70. The number of ether oxygens (including phenoxy) is 1. The van der Waals surface area contributed by atoms with Crippen LogP contribution in [0, 0.1) is 12.8 Å². The van der Waals surface area contributed by atoms with Crippen molar-refractivity contribution >= 4 is 29.3 Å². The fourth-order valence-corrected chi connectivity index (χ4v) is 3.74. The fourth-order valence-electron chi connectivity index (χ4n) is 2.90. The summed E-state index contributed by atoms with van der Waals surface area (Å²) in [5, 5.41) is 8.28. The third kappa shape index (κ3) is 5.14. The van der Waals surface area contributed by atoms with Crippen molar-refractivity contribution in [3.63, 3.8) is 0 Å². The van der Waals surface area contributed by atoms with Crippen LogP contribution in [0.5, 0.6) is 5.75 Å². The van der Waals surface area contributed by atoms with Gasteiger partial charge in [0.1, 0.15) is 12.4 Å². The Kier molecular flexibility index (Phi) is 6.43. The van der Waals surface area contributed by atoms with Crippen LogP contribution >= 0.6 is 23.4 Å². The van der Waals surface area contributed by atoms with Crippen molar-refractivity contribution in [2.75, 3.05) is 18.8 Å². The topological polar surface area (TPSA) is 71.1 Å². The maximum atomic E-state index is 12.3. The smallest absolute Gasteiger partial charge is 0.233 e. The number of carbonyl (C=O) groups excluding carboxylic acids is 1. The summed E-state index contributed by atoms with van der Waals surface area (Å²) in [6.07, 6.45) is 2.29. The van der Waals surface area contributed by atoms with Crippen LogP contribution in [0.3, 0.4) is 0 Å². The average Bonchev–Trinajstić information content (AvgIpc) is 3.08. The van der Waals surface area contributed by atoms with Gasteiger partial charge in [0.05, 0.1) is 5.75 Å². The van der Waals surface area contributed by atoms with Crippen molar-refractivity contribution in [3.8, 4) is 5.75 Å². The van der Waals surface area contributed by atoms with Crippen molar-refractivity contribution in [3.05, 3.63) is 34.6 Å². The molecular weight excluding hydrogens is 372 g/mol. The first kappa shape index (κ1) is 19.0. The Morgan fingerprint density at radius 3 is 3.12 bits per heavy atom. The number of hydrogen-bond acceptors (Lipinski definition) is 5. The molecule has 1 N–H and O–H groups in total. The number of nitrogens with one attached hydrogen (secondary N) is 1. The fraction of sp³-hybridized carbons (Fsp3) is 0.500. The SMILES string of the molecule is Cc1cc(OCc2nc(SCC(=O)N3CCC[C@H](C)C3)n[nH]2)ccc1Cl. The van der Waals surface area contributed by atoms with Crippen LogP contribution in [0.1, 0.15) is 31.2 Å². The Morgan fingerprint density at radius 2 is 2.35 bits per heavy atom. The number of benzene rings is 1. The number of amides is 1. The molecule has 2 heterocycles. The summed E-state index contributed by atoms with van der Waals surface area (Å²) in [4.78, 5) is 18.6. The number of halogens is 1. The van der Waals surface area contributed by atoms with E-state index in [1.807, 2.05) is 24.0 Å². The monoisotopic (exact) mass is 394 g/mol. The van der Waals surface area contributed by atoms with E-state index in [0.717, 1.165) is 30.8 Å². The molecule has 140 valence electrons. The summed E-state index contributed by atoms with van der Waals surface area (Å²) in [5.74, 6) is 2.45. The van der Waals surface area contributed by atoms with Gasteiger partial charge in [0.15, 0.2) is 5.82 Å². The van der Waals surface area contributed by atoms with Crippen LogP contribution in [0.15, 0.2) is 23.4 Å². The van der Waals surface area contributed by atoms with Crippen LogP contribution < -0.4 is 4.74 Å². The Morgan fingerprint density at radius 1 is 1.50 bits per heavy atom. The highest BCUT2D eigenvalue weighted by Crippen LogP contribution is 2.22. The largest absolute Gasteiger partial charge is 0.486 e. The number of rotatable bonds is 6. The third-order valence-corrected chi connectivity index (χ3v) is 5.61. The number of carbonyl (C=O) groups is 1. The molecule has 1 atom stereocenters. The van der Waals surface area contributed by atoms with E-state index in [9.17, 15) is 4.79 Å². The number of aromatic nitrogens is 3. The van der Waals surface area contributed by atoms with Gasteiger partial charge in [-0.1, -0.05) is 30.3 Å². The second-order valence-electron chi connectivity index (χ2n) is 6.64. The zero-order chi connectivity index (χ0) is 18.5. The van der Waals surface area contributed by atoms with E-state index in [2.05, 4.69) is 22.1 Å². The first-order valence-electron chi connectivity index (χ1n) is 8.72. The number of nitrogens with zero attached hydrogens (tertiary/aromatic N) is 3. The molecular formula is C18H23ClN4O2S. The lowest BCUT2D eigenvalue weighted by Gasteiger charge is -2.30. The van der Waals surface area contributed by atoms with Gasteiger partial charge in [-0.2, -0.15) is 0 Å². The van der Waals surface area contributed by atoms with Crippen LogP contribution in [0.2, 0.25) is 5.02 Å². The zero-order valence-electron chi connectivity index (χ0n) is 15.0. The molecule has 1 aromatic carbocycles. The molecule has 6 nitrogen and oxygen atoms in total. The van der Waals surface area contributed by atoms with Crippen LogP contribution in [0.4, 0.5) is 0 Å². The van der Waals surface area contributed by atoms with E-state index in [1.165, 1.54) is 18.2 Å². The number of aromatic amines is 1. The van der Waals surface area contributed by atoms with Crippen molar-refractivity contribution in [1.82, 2.24) is 20.1 Å². The van der Waals surface area contributed by atoms with Gasteiger partial charge >= 0.3 is 0 Å². The van der Waals surface area contributed by atoms with E-state index in [-0.39, 0.29) is 12.5 Å². The standard InChI is InChI=1S/C18H23ClN4O2S/c1-12-4-3-7-23(9-12)17(24)11-26-18-20-16(21-22-18)10-25-14-5-6-15(19)13(2)8-14/h5-6,8,12H,3-4,7,9-11H2,1-2H3,(H,20,21,22)/t12-/m0/s1. The Balaban J connectivity index is 1.47. The highest BCUT2D eigenvalue weighted by molar-refractivity contribution is 7.99. The van der Waals surface area contributed by atoms with Gasteiger partial charge in [-0.05, 0) is 49.4 Å². The molecule has 0 bridgehead atoms. The first-order chi connectivity index (χ1) is 12.5. The van der Waals surface area contributed by atoms with Crippen molar-refractivity contribution in [2.24, 2.45) is 5.92 Å². The van der Waals surface area contributed by atoms with Gasteiger partial charge in [0.25, 0.3) is 0 Å². The second kappa shape index (κ2) is 8.77. The minimum Gasteiger partial charge on any atom is -0.486 e.